The molecule has 0 amide bonds. The zero-order chi connectivity index (χ0) is 16.9. The van der Waals surface area contributed by atoms with Crippen LogP contribution >= 0.6 is 0 Å². The molecule has 0 aromatic heterocycles. The lowest BCUT2D eigenvalue weighted by Crippen LogP contribution is -2.17. The van der Waals surface area contributed by atoms with Crippen LogP contribution in [0.4, 0.5) is 0 Å². The molecule has 3 fully saturated rings. The highest BCUT2D eigenvalue weighted by Gasteiger charge is 2.45. The Hall–Kier alpha value is -1.27. The molecule has 0 aromatic rings. The van der Waals surface area contributed by atoms with Crippen molar-refractivity contribution in [3.8, 4) is 11.8 Å². The van der Waals surface area contributed by atoms with Crippen LogP contribution in [-0.4, -0.2) is 22.3 Å². The van der Waals surface area contributed by atoms with Crippen LogP contribution in [-0.2, 0) is 4.79 Å². The predicted octanol–water partition coefficient (Wildman–Crippen LogP) is 4.16. The van der Waals surface area contributed by atoms with E-state index in [2.05, 4.69) is 17.9 Å². The Morgan fingerprint density at radius 2 is 1.96 bits per heavy atom. The summed E-state index contributed by atoms with van der Waals surface area (Å²) in [5, 5.41) is 19.1. The fraction of sp³-hybridized carbons (Fsp3) is 0.762. The van der Waals surface area contributed by atoms with Gasteiger partial charge in [-0.05, 0) is 56.8 Å². The van der Waals surface area contributed by atoms with Gasteiger partial charge in [-0.25, -0.2) is 0 Å². The molecule has 132 valence electrons. The van der Waals surface area contributed by atoms with Gasteiger partial charge < -0.3 is 10.2 Å². The molecular weight excluding hydrogens is 300 g/mol. The van der Waals surface area contributed by atoms with Crippen molar-refractivity contribution in [3.63, 3.8) is 0 Å². The lowest BCUT2D eigenvalue weighted by atomic mass is 9.87. The summed E-state index contributed by atoms with van der Waals surface area (Å²) in [4.78, 5) is 10.6. The number of carboxylic acids is 1. The van der Waals surface area contributed by atoms with Crippen LogP contribution in [0.15, 0.2) is 11.6 Å². The average molecular weight is 330 g/mol. The zero-order valence-corrected chi connectivity index (χ0v) is 14.5. The van der Waals surface area contributed by atoms with Gasteiger partial charge in [0, 0.05) is 18.3 Å². The maximum atomic E-state index is 10.6. The molecule has 0 saturated heterocycles. The van der Waals surface area contributed by atoms with E-state index in [4.69, 9.17) is 5.11 Å². The van der Waals surface area contributed by atoms with Crippen molar-refractivity contribution in [3.05, 3.63) is 11.6 Å². The fourth-order valence-electron chi connectivity index (χ4n) is 4.85. The molecule has 0 aliphatic heterocycles. The van der Waals surface area contributed by atoms with Crippen molar-refractivity contribution in [2.24, 2.45) is 23.7 Å². The molecule has 3 nitrogen and oxygen atoms in total. The SMILES string of the molecule is O=C(O)CCC/C=C1/C[C@H]2C[C@@H](O)[C@H](C#CC3CCCCC3)[C@H]2C1. The monoisotopic (exact) mass is 330 g/mol. The van der Waals surface area contributed by atoms with Crippen molar-refractivity contribution >= 4 is 5.97 Å². The summed E-state index contributed by atoms with van der Waals surface area (Å²) in [5.74, 6) is 8.05. The van der Waals surface area contributed by atoms with E-state index in [-0.39, 0.29) is 18.4 Å². The number of rotatable bonds is 4. The van der Waals surface area contributed by atoms with Gasteiger partial charge >= 0.3 is 5.97 Å². The molecule has 2 N–H and O–H groups in total. The second-order valence-corrected chi connectivity index (χ2v) is 7.93. The minimum atomic E-state index is -0.710. The second-order valence-electron chi connectivity index (χ2n) is 7.93. The first-order valence-electron chi connectivity index (χ1n) is 9.72. The van der Waals surface area contributed by atoms with Gasteiger partial charge in [0.25, 0.3) is 0 Å². The largest absolute Gasteiger partial charge is 0.481 e. The summed E-state index contributed by atoms with van der Waals surface area (Å²) in [6.07, 6.45) is 13.3. The normalized spacial score (nSPS) is 34.8. The van der Waals surface area contributed by atoms with Crippen LogP contribution in [0, 0.1) is 35.5 Å². The number of aliphatic carboxylic acids is 1. The highest BCUT2D eigenvalue weighted by molar-refractivity contribution is 5.66. The predicted molar refractivity (Wildman–Crippen MR) is 94.2 cm³/mol. The van der Waals surface area contributed by atoms with Crippen LogP contribution in [0.25, 0.3) is 0 Å². The third-order valence-electron chi connectivity index (χ3n) is 6.13. The van der Waals surface area contributed by atoms with Crippen LogP contribution in [0.2, 0.25) is 0 Å². The Kier molecular flexibility index (Phi) is 6.00. The van der Waals surface area contributed by atoms with E-state index in [1.165, 1.54) is 37.7 Å². The van der Waals surface area contributed by atoms with Crippen molar-refractivity contribution in [2.45, 2.75) is 76.7 Å². The topological polar surface area (TPSA) is 57.5 Å². The first-order valence-corrected chi connectivity index (χ1v) is 9.72. The van der Waals surface area contributed by atoms with Gasteiger partial charge in [-0.3, -0.25) is 4.79 Å². The van der Waals surface area contributed by atoms with E-state index >= 15 is 0 Å². The van der Waals surface area contributed by atoms with Gasteiger partial charge in [0.1, 0.15) is 0 Å². The Balaban J connectivity index is 1.55. The zero-order valence-electron chi connectivity index (χ0n) is 14.5. The lowest BCUT2D eigenvalue weighted by Gasteiger charge is -2.18. The van der Waals surface area contributed by atoms with Crippen LogP contribution in [0.5, 0.6) is 0 Å². The van der Waals surface area contributed by atoms with Gasteiger partial charge in [-0.2, -0.15) is 0 Å². The highest BCUT2D eigenvalue weighted by Crippen LogP contribution is 2.49. The minimum absolute atomic E-state index is 0.154. The maximum Gasteiger partial charge on any atom is 0.303 e. The van der Waals surface area contributed by atoms with Gasteiger partial charge in [0.05, 0.1) is 6.10 Å². The number of fused-ring (bicyclic) bond motifs is 1. The summed E-state index contributed by atoms with van der Waals surface area (Å²) >= 11 is 0. The van der Waals surface area contributed by atoms with E-state index in [0.717, 1.165) is 32.1 Å². The highest BCUT2D eigenvalue weighted by atomic mass is 16.4. The lowest BCUT2D eigenvalue weighted by molar-refractivity contribution is -0.137. The van der Waals surface area contributed by atoms with Gasteiger partial charge in [0.15, 0.2) is 0 Å². The molecule has 3 aliphatic carbocycles. The molecule has 0 bridgehead atoms. The molecule has 3 aliphatic rings. The molecule has 24 heavy (non-hydrogen) atoms. The van der Waals surface area contributed by atoms with Gasteiger partial charge in [0.2, 0.25) is 0 Å². The first-order chi connectivity index (χ1) is 11.6. The first kappa shape index (κ1) is 17.5. The number of carbonyl (C=O) groups is 1. The maximum absolute atomic E-state index is 10.6. The molecular formula is C21H30O3. The van der Waals surface area contributed by atoms with E-state index in [9.17, 15) is 9.90 Å². The molecule has 0 aromatic carbocycles. The summed E-state index contributed by atoms with van der Waals surface area (Å²) in [5.41, 5.74) is 1.46. The summed E-state index contributed by atoms with van der Waals surface area (Å²) in [6.45, 7) is 0. The summed E-state index contributed by atoms with van der Waals surface area (Å²) in [6, 6.07) is 0. The number of aliphatic hydroxyl groups is 1. The minimum Gasteiger partial charge on any atom is -0.481 e. The summed E-state index contributed by atoms with van der Waals surface area (Å²) < 4.78 is 0. The molecule has 3 heteroatoms. The van der Waals surface area contributed by atoms with E-state index in [0.29, 0.717) is 17.8 Å². The number of hydrogen-bond acceptors (Lipinski definition) is 2. The van der Waals surface area contributed by atoms with Crippen LogP contribution in [0.3, 0.4) is 0 Å². The summed E-state index contributed by atoms with van der Waals surface area (Å²) in [7, 11) is 0. The number of aliphatic hydroxyl groups excluding tert-OH is 1. The van der Waals surface area contributed by atoms with Crippen molar-refractivity contribution in [1.82, 2.24) is 0 Å². The fourth-order valence-corrected chi connectivity index (χ4v) is 4.85. The van der Waals surface area contributed by atoms with Crippen molar-refractivity contribution < 1.29 is 15.0 Å². The smallest absolute Gasteiger partial charge is 0.303 e. The van der Waals surface area contributed by atoms with E-state index < -0.39 is 5.97 Å². The Labute approximate surface area is 145 Å². The third kappa shape index (κ3) is 4.42. The quantitative estimate of drug-likeness (QED) is 0.462. The molecule has 0 unspecified atom stereocenters. The van der Waals surface area contributed by atoms with Gasteiger partial charge in [-0.1, -0.05) is 42.8 Å². The number of allylic oxidation sites excluding steroid dienone is 2. The Morgan fingerprint density at radius 3 is 2.71 bits per heavy atom. The molecule has 4 atom stereocenters. The molecule has 3 saturated carbocycles. The van der Waals surface area contributed by atoms with Crippen LogP contribution < -0.4 is 0 Å². The van der Waals surface area contributed by atoms with Crippen molar-refractivity contribution in [2.75, 3.05) is 0 Å². The molecule has 0 heterocycles. The molecule has 3 rings (SSSR count). The number of hydrogen-bond donors (Lipinski definition) is 2. The number of carboxylic acid groups (broad SMARTS) is 1. The van der Waals surface area contributed by atoms with Crippen molar-refractivity contribution in [1.29, 1.82) is 0 Å². The Bertz CT molecular complexity index is 533. The standard InChI is InChI=1S/C21H30O3/c22-20-14-17-12-16(8-4-5-9-21(23)24)13-19(17)18(20)11-10-15-6-2-1-3-7-15/h8,15,17-20,22H,1-7,9,12-14H2,(H,23,24)/b16-8-/t17-,18+,19-,20+/m0/s1. The van der Waals surface area contributed by atoms with Gasteiger partial charge in [-0.15, -0.1) is 0 Å². The second kappa shape index (κ2) is 8.21. The number of unbranched alkanes of at least 4 members (excludes halogenated alkanes) is 1. The molecule has 0 radical (unpaired) electrons. The van der Waals surface area contributed by atoms with E-state index in [1.807, 2.05) is 0 Å². The van der Waals surface area contributed by atoms with Crippen LogP contribution in [0.1, 0.15) is 70.6 Å². The average Bonchev–Trinajstić information content (AvgIpc) is 3.07. The third-order valence-corrected chi connectivity index (χ3v) is 6.13. The Morgan fingerprint density at radius 1 is 1.17 bits per heavy atom. The van der Waals surface area contributed by atoms with E-state index in [1.54, 1.807) is 0 Å². The molecule has 0 spiro atoms.